The van der Waals surface area contributed by atoms with E-state index < -0.39 is 23.4 Å². The lowest BCUT2D eigenvalue weighted by Gasteiger charge is -2.37. The maximum absolute atomic E-state index is 12.5. The molecule has 0 aliphatic carbocycles. The minimum atomic E-state index is -0.988. The van der Waals surface area contributed by atoms with E-state index in [2.05, 4.69) is 15.1 Å². The fourth-order valence-corrected chi connectivity index (χ4v) is 5.18. The second kappa shape index (κ2) is 11.9. The number of carbonyl (C=O) groups excluding carboxylic acids is 1. The number of anilines is 1. The molecular weight excluding hydrogens is 454 g/mol. The van der Waals surface area contributed by atoms with Crippen molar-refractivity contribution in [3.05, 3.63) is 48.5 Å². The van der Waals surface area contributed by atoms with Gasteiger partial charge in [-0.25, -0.2) is 0 Å². The fraction of sp³-hybridized carbons (Fsp3) is 0.480. The summed E-state index contributed by atoms with van der Waals surface area (Å²) in [6.45, 7) is 6.19. The number of hydrogen-bond acceptors (Lipinski definition) is 7. The van der Waals surface area contributed by atoms with Gasteiger partial charge in [0.25, 0.3) is 0 Å². The molecule has 9 heteroatoms. The number of aliphatic hydroxyl groups excluding tert-OH is 1. The first kappa shape index (κ1) is 24.8. The van der Waals surface area contributed by atoms with Gasteiger partial charge < -0.3 is 24.4 Å². The molecule has 1 fully saturated rings. The van der Waals surface area contributed by atoms with Gasteiger partial charge in [0.05, 0.1) is 6.54 Å². The molecule has 2 N–H and O–H groups in total. The third-order valence-corrected chi connectivity index (χ3v) is 7.60. The van der Waals surface area contributed by atoms with Crippen molar-refractivity contribution in [3.8, 4) is 11.5 Å². The summed E-state index contributed by atoms with van der Waals surface area (Å²) in [6, 6.07) is 14.7. The van der Waals surface area contributed by atoms with Crippen LogP contribution in [-0.4, -0.2) is 89.2 Å². The van der Waals surface area contributed by atoms with Gasteiger partial charge in [-0.05, 0) is 54.0 Å². The zero-order valence-corrected chi connectivity index (χ0v) is 20.3. The smallest absolute Gasteiger partial charge is 0.238 e. The second-order valence-corrected chi connectivity index (χ2v) is 10.3. The number of para-hydroxylation sites is 2. The highest BCUT2D eigenvalue weighted by molar-refractivity contribution is 7.91. The molecule has 1 amide bonds. The van der Waals surface area contributed by atoms with Gasteiger partial charge in [-0.2, -0.15) is 0 Å². The van der Waals surface area contributed by atoms with E-state index in [1.165, 1.54) is 0 Å². The SMILES string of the molecule is CCC[S+]([O-])c1ccc(NC(=O)CN2CCN(CC(O)C3COc4ccccc4O3)CC2)cc1. The molecule has 0 aromatic heterocycles. The van der Waals surface area contributed by atoms with Crippen LogP contribution in [0.5, 0.6) is 11.5 Å². The van der Waals surface area contributed by atoms with E-state index in [1.807, 2.05) is 43.3 Å². The number of piperazine rings is 1. The number of amides is 1. The van der Waals surface area contributed by atoms with Crippen LogP contribution in [-0.2, 0) is 16.0 Å². The molecule has 2 aromatic carbocycles. The minimum absolute atomic E-state index is 0.0673. The topological polar surface area (TPSA) is 97.3 Å². The largest absolute Gasteiger partial charge is 0.611 e. The summed E-state index contributed by atoms with van der Waals surface area (Å²) in [4.78, 5) is 17.6. The molecule has 3 unspecified atom stereocenters. The van der Waals surface area contributed by atoms with Crippen molar-refractivity contribution in [2.45, 2.75) is 30.4 Å². The van der Waals surface area contributed by atoms with Crippen LogP contribution >= 0.6 is 0 Å². The Kier molecular flexibility index (Phi) is 8.69. The minimum Gasteiger partial charge on any atom is -0.611 e. The number of rotatable bonds is 9. The first-order valence-corrected chi connectivity index (χ1v) is 13.1. The van der Waals surface area contributed by atoms with E-state index in [0.29, 0.717) is 42.6 Å². The molecule has 2 aromatic rings. The quantitative estimate of drug-likeness (QED) is 0.522. The number of nitrogens with one attached hydrogen (secondary N) is 1. The molecule has 2 heterocycles. The summed E-state index contributed by atoms with van der Waals surface area (Å²) in [5.74, 6) is 1.95. The van der Waals surface area contributed by atoms with E-state index in [0.717, 1.165) is 37.5 Å². The van der Waals surface area contributed by atoms with E-state index >= 15 is 0 Å². The number of benzene rings is 2. The fourth-order valence-electron chi connectivity index (χ4n) is 4.13. The molecular formula is C25H33N3O5S. The molecule has 4 rings (SSSR count). The summed E-state index contributed by atoms with van der Waals surface area (Å²) in [5.41, 5.74) is 0.709. The van der Waals surface area contributed by atoms with Gasteiger partial charge >= 0.3 is 0 Å². The molecule has 0 spiro atoms. The van der Waals surface area contributed by atoms with Crippen molar-refractivity contribution < 1.29 is 23.9 Å². The van der Waals surface area contributed by atoms with Crippen LogP contribution in [0, 0.1) is 0 Å². The second-order valence-electron chi connectivity index (χ2n) is 8.68. The maximum Gasteiger partial charge on any atom is 0.238 e. The van der Waals surface area contributed by atoms with Crippen molar-refractivity contribution in [2.75, 3.05) is 56.9 Å². The Morgan fingerprint density at radius 3 is 2.50 bits per heavy atom. The summed E-state index contributed by atoms with van der Waals surface area (Å²) < 4.78 is 23.7. The molecule has 8 nitrogen and oxygen atoms in total. The summed E-state index contributed by atoms with van der Waals surface area (Å²) >= 11 is -0.988. The summed E-state index contributed by atoms with van der Waals surface area (Å²) in [7, 11) is 0. The van der Waals surface area contributed by atoms with Crippen molar-refractivity contribution in [1.82, 2.24) is 9.80 Å². The molecule has 184 valence electrons. The molecule has 0 saturated carbocycles. The van der Waals surface area contributed by atoms with E-state index in [-0.39, 0.29) is 5.91 Å². The van der Waals surface area contributed by atoms with Crippen LogP contribution in [0.25, 0.3) is 0 Å². The van der Waals surface area contributed by atoms with Crippen LogP contribution in [0.3, 0.4) is 0 Å². The third kappa shape index (κ3) is 6.64. The van der Waals surface area contributed by atoms with E-state index in [1.54, 1.807) is 12.1 Å². The van der Waals surface area contributed by atoms with E-state index in [9.17, 15) is 14.5 Å². The Labute approximate surface area is 204 Å². The van der Waals surface area contributed by atoms with Crippen molar-refractivity contribution in [1.29, 1.82) is 0 Å². The Morgan fingerprint density at radius 1 is 1.12 bits per heavy atom. The monoisotopic (exact) mass is 487 g/mol. The predicted octanol–water partition coefficient (Wildman–Crippen LogP) is 1.96. The summed E-state index contributed by atoms with van der Waals surface area (Å²) in [6.07, 6.45) is -0.184. The van der Waals surface area contributed by atoms with Crippen LogP contribution in [0.1, 0.15) is 13.3 Å². The zero-order chi connectivity index (χ0) is 23.9. The Bertz CT molecular complexity index is 936. The van der Waals surface area contributed by atoms with Crippen LogP contribution in [0.4, 0.5) is 5.69 Å². The van der Waals surface area contributed by atoms with Crippen molar-refractivity contribution in [3.63, 3.8) is 0 Å². The lowest BCUT2D eigenvalue weighted by Crippen LogP contribution is -2.53. The van der Waals surface area contributed by atoms with E-state index in [4.69, 9.17) is 9.47 Å². The standard InChI is InChI=1S/C25H33N3O5S/c1-2-15-34(31)20-9-7-19(8-10-20)26-25(30)17-28-13-11-27(12-14-28)16-21(29)24-18-32-22-5-3-4-6-23(22)33-24/h3-10,21,24,29H,2,11-18H2,1H3,(H,26,30). The average Bonchev–Trinajstić information content (AvgIpc) is 2.85. The Morgan fingerprint density at radius 2 is 1.79 bits per heavy atom. The van der Waals surface area contributed by atoms with Gasteiger partial charge in [-0.15, -0.1) is 0 Å². The predicted molar refractivity (Wildman–Crippen MR) is 132 cm³/mol. The maximum atomic E-state index is 12.5. The molecule has 0 bridgehead atoms. The summed E-state index contributed by atoms with van der Waals surface area (Å²) in [5, 5.41) is 13.6. The normalized spacial score (nSPS) is 20.5. The van der Waals surface area contributed by atoms with Crippen molar-refractivity contribution >= 4 is 22.8 Å². The van der Waals surface area contributed by atoms with Gasteiger partial charge in [-0.3, -0.25) is 14.6 Å². The molecule has 1 saturated heterocycles. The highest BCUT2D eigenvalue weighted by atomic mass is 32.2. The number of aliphatic hydroxyl groups is 1. The highest BCUT2D eigenvalue weighted by Crippen LogP contribution is 2.31. The third-order valence-electron chi connectivity index (χ3n) is 6.03. The number of carbonyl (C=O) groups is 1. The lowest BCUT2D eigenvalue weighted by molar-refractivity contribution is -0.117. The van der Waals surface area contributed by atoms with Gasteiger partial charge in [0, 0.05) is 38.4 Å². The molecule has 2 aliphatic heterocycles. The zero-order valence-electron chi connectivity index (χ0n) is 19.5. The first-order chi connectivity index (χ1) is 16.5. The van der Waals surface area contributed by atoms with Crippen LogP contribution < -0.4 is 14.8 Å². The van der Waals surface area contributed by atoms with Gasteiger partial charge in [0.2, 0.25) is 5.91 Å². The number of hydrogen-bond donors (Lipinski definition) is 2. The Balaban J connectivity index is 1.17. The van der Waals surface area contributed by atoms with Crippen molar-refractivity contribution in [2.24, 2.45) is 0 Å². The number of ether oxygens (including phenoxy) is 2. The lowest BCUT2D eigenvalue weighted by atomic mass is 10.1. The molecule has 34 heavy (non-hydrogen) atoms. The van der Waals surface area contributed by atoms with Gasteiger partial charge in [-0.1, -0.05) is 19.1 Å². The molecule has 3 atom stereocenters. The molecule has 2 aliphatic rings. The number of fused-ring (bicyclic) bond motifs is 1. The molecule has 0 radical (unpaired) electrons. The average molecular weight is 488 g/mol. The first-order valence-electron chi connectivity index (χ1n) is 11.8. The Hall–Kier alpha value is -2.30. The van der Waals surface area contributed by atoms with Gasteiger partial charge in [0.1, 0.15) is 18.5 Å². The van der Waals surface area contributed by atoms with Crippen LogP contribution in [0.2, 0.25) is 0 Å². The highest BCUT2D eigenvalue weighted by Gasteiger charge is 2.30. The van der Waals surface area contributed by atoms with Gasteiger partial charge in [0.15, 0.2) is 22.5 Å². The number of β-amino-alcohol motifs (C(OH)–C–C–N with tert-alkyl or cyclic N) is 1. The van der Waals surface area contributed by atoms with Crippen LogP contribution in [0.15, 0.2) is 53.4 Å². The number of nitrogens with zero attached hydrogens (tertiary/aromatic N) is 2.